The molecule has 1 aromatic carbocycles. The van der Waals surface area contributed by atoms with Crippen molar-refractivity contribution in [3.8, 4) is 5.75 Å². The van der Waals surface area contributed by atoms with Crippen LogP contribution in [0.3, 0.4) is 0 Å². The van der Waals surface area contributed by atoms with E-state index in [0.717, 1.165) is 26.2 Å². The number of ether oxygens (including phenoxy) is 1. The summed E-state index contributed by atoms with van der Waals surface area (Å²) < 4.78 is 5.11. The lowest BCUT2D eigenvalue weighted by Crippen LogP contribution is -2.47. The van der Waals surface area contributed by atoms with Crippen LogP contribution in [-0.2, 0) is 9.59 Å². The third kappa shape index (κ3) is 5.50. The molecule has 24 heavy (non-hydrogen) atoms. The van der Waals surface area contributed by atoms with Crippen molar-refractivity contribution >= 4 is 17.6 Å². The fourth-order valence-electron chi connectivity index (χ4n) is 2.71. The number of methoxy groups -OCH3 is 1. The van der Waals surface area contributed by atoms with E-state index in [0.29, 0.717) is 18.0 Å². The second-order valence-electron chi connectivity index (χ2n) is 6.12. The fraction of sp³-hybridized carbons (Fsp3) is 0.529. The standard InChI is InChI=1S/C17H25N3O4/c1-19-6-8-20(9-7-19)12-13(17(22)23)10-16(21)18-14-4-3-5-15(11-14)24-2/h3-5,11,13H,6-10,12H2,1-2H3,(H,18,21)(H,22,23)/t13-/m1/s1. The molecule has 0 unspecified atom stereocenters. The van der Waals surface area contributed by atoms with Gasteiger partial charge in [-0.1, -0.05) is 6.07 Å². The number of rotatable bonds is 7. The molecule has 1 saturated heterocycles. The van der Waals surface area contributed by atoms with Crippen LogP contribution in [-0.4, -0.2) is 73.7 Å². The Labute approximate surface area is 142 Å². The number of likely N-dealkylation sites (N-methyl/N-ethyl adjacent to an activating group) is 1. The van der Waals surface area contributed by atoms with E-state index in [1.807, 2.05) is 7.05 Å². The van der Waals surface area contributed by atoms with Crippen LogP contribution in [0, 0.1) is 5.92 Å². The van der Waals surface area contributed by atoms with Gasteiger partial charge in [0.15, 0.2) is 0 Å². The fourth-order valence-corrected chi connectivity index (χ4v) is 2.71. The number of amides is 1. The molecule has 1 aliphatic rings. The van der Waals surface area contributed by atoms with Gasteiger partial charge in [-0.25, -0.2) is 0 Å². The zero-order valence-corrected chi connectivity index (χ0v) is 14.2. The molecule has 1 amide bonds. The first-order chi connectivity index (χ1) is 11.5. The van der Waals surface area contributed by atoms with Gasteiger partial charge in [0, 0.05) is 50.9 Å². The summed E-state index contributed by atoms with van der Waals surface area (Å²) >= 11 is 0. The molecular formula is C17H25N3O4. The van der Waals surface area contributed by atoms with Crippen LogP contribution in [0.5, 0.6) is 5.75 Å². The number of benzene rings is 1. The van der Waals surface area contributed by atoms with Crippen molar-refractivity contribution in [1.29, 1.82) is 0 Å². The first-order valence-corrected chi connectivity index (χ1v) is 8.05. The molecule has 0 saturated carbocycles. The summed E-state index contributed by atoms with van der Waals surface area (Å²) in [5, 5.41) is 12.2. The molecule has 0 radical (unpaired) electrons. The Morgan fingerprint density at radius 3 is 2.62 bits per heavy atom. The summed E-state index contributed by atoms with van der Waals surface area (Å²) in [5.74, 6) is -1.31. The normalized spacial score (nSPS) is 17.2. The maximum atomic E-state index is 12.2. The zero-order valence-electron chi connectivity index (χ0n) is 14.2. The monoisotopic (exact) mass is 335 g/mol. The van der Waals surface area contributed by atoms with E-state index in [1.165, 1.54) is 0 Å². The molecule has 0 aromatic heterocycles. The van der Waals surface area contributed by atoms with Gasteiger partial charge in [-0.15, -0.1) is 0 Å². The minimum atomic E-state index is -0.935. The van der Waals surface area contributed by atoms with Gasteiger partial charge in [0.25, 0.3) is 0 Å². The van der Waals surface area contributed by atoms with Crippen molar-refractivity contribution in [1.82, 2.24) is 9.80 Å². The average Bonchev–Trinajstić information content (AvgIpc) is 2.56. The van der Waals surface area contributed by atoms with Crippen LogP contribution in [0.2, 0.25) is 0 Å². The molecule has 1 heterocycles. The maximum absolute atomic E-state index is 12.2. The number of anilines is 1. The Kier molecular flexibility index (Phi) is 6.57. The summed E-state index contributed by atoms with van der Waals surface area (Å²) in [6, 6.07) is 7.00. The van der Waals surface area contributed by atoms with E-state index in [-0.39, 0.29) is 12.3 Å². The number of carbonyl (C=O) groups excluding carboxylic acids is 1. The highest BCUT2D eigenvalue weighted by atomic mass is 16.5. The number of hydrogen-bond acceptors (Lipinski definition) is 5. The quantitative estimate of drug-likeness (QED) is 0.773. The predicted octanol–water partition coefficient (Wildman–Crippen LogP) is 0.972. The molecule has 1 aliphatic heterocycles. The third-order valence-electron chi connectivity index (χ3n) is 4.21. The summed E-state index contributed by atoms with van der Waals surface area (Å²) in [5.41, 5.74) is 0.600. The van der Waals surface area contributed by atoms with E-state index in [2.05, 4.69) is 15.1 Å². The number of hydrogen-bond donors (Lipinski definition) is 2. The Morgan fingerprint density at radius 2 is 2.00 bits per heavy atom. The van der Waals surface area contributed by atoms with Crippen LogP contribution in [0.15, 0.2) is 24.3 Å². The molecule has 1 atom stereocenters. The Bertz CT molecular complexity index is 571. The van der Waals surface area contributed by atoms with E-state index in [4.69, 9.17) is 4.74 Å². The molecule has 0 bridgehead atoms. The van der Waals surface area contributed by atoms with Crippen LogP contribution in [0.25, 0.3) is 0 Å². The molecule has 1 fully saturated rings. The second kappa shape index (κ2) is 8.65. The average molecular weight is 335 g/mol. The first kappa shape index (κ1) is 18.2. The highest BCUT2D eigenvalue weighted by molar-refractivity contribution is 5.93. The predicted molar refractivity (Wildman–Crippen MR) is 91.3 cm³/mol. The van der Waals surface area contributed by atoms with Crippen LogP contribution >= 0.6 is 0 Å². The molecular weight excluding hydrogens is 310 g/mol. The minimum absolute atomic E-state index is 0.0428. The van der Waals surface area contributed by atoms with Crippen molar-refractivity contribution in [2.45, 2.75) is 6.42 Å². The Morgan fingerprint density at radius 1 is 1.29 bits per heavy atom. The first-order valence-electron chi connectivity index (χ1n) is 8.05. The van der Waals surface area contributed by atoms with Gasteiger partial charge < -0.3 is 20.1 Å². The molecule has 2 N–H and O–H groups in total. The van der Waals surface area contributed by atoms with E-state index < -0.39 is 11.9 Å². The summed E-state index contributed by atoms with van der Waals surface area (Å²) in [6.07, 6.45) is -0.0428. The molecule has 7 nitrogen and oxygen atoms in total. The largest absolute Gasteiger partial charge is 0.497 e. The smallest absolute Gasteiger partial charge is 0.308 e. The number of piperazine rings is 1. The van der Waals surface area contributed by atoms with Gasteiger partial charge in [0.1, 0.15) is 5.75 Å². The molecule has 0 spiro atoms. The van der Waals surface area contributed by atoms with Gasteiger partial charge in [-0.05, 0) is 19.2 Å². The van der Waals surface area contributed by atoms with Crippen molar-refractivity contribution in [2.24, 2.45) is 5.92 Å². The summed E-state index contributed by atoms with van der Waals surface area (Å²) in [4.78, 5) is 28.0. The summed E-state index contributed by atoms with van der Waals surface area (Å²) in [7, 11) is 3.60. The van der Waals surface area contributed by atoms with Crippen molar-refractivity contribution in [3.05, 3.63) is 24.3 Å². The van der Waals surface area contributed by atoms with Crippen LogP contribution in [0.1, 0.15) is 6.42 Å². The van der Waals surface area contributed by atoms with Gasteiger partial charge in [-0.2, -0.15) is 0 Å². The lowest BCUT2D eigenvalue weighted by Gasteiger charge is -2.33. The second-order valence-corrected chi connectivity index (χ2v) is 6.12. The van der Waals surface area contributed by atoms with Gasteiger partial charge >= 0.3 is 5.97 Å². The van der Waals surface area contributed by atoms with Crippen molar-refractivity contribution < 1.29 is 19.4 Å². The molecule has 132 valence electrons. The van der Waals surface area contributed by atoms with Crippen molar-refractivity contribution in [2.75, 3.05) is 52.2 Å². The van der Waals surface area contributed by atoms with Gasteiger partial charge in [0.05, 0.1) is 13.0 Å². The lowest BCUT2D eigenvalue weighted by atomic mass is 10.0. The molecule has 1 aromatic rings. The van der Waals surface area contributed by atoms with Crippen LogP contribution in [0.4, 0.5) is 5.69 Å². The SMILES string of the molecule is COc1cccc(NC(=O)C[C@H](CN2CCN(C)CC2)C(=O)O)c1. The third-order valence-corrected chi connectivity index (χ3v) is 4.21. The van der Waals surface area contributed by atoms with Gasteiger partial charge in [0.2, 0.25) is 5.91 Å². The maximum Gasteiger partial charge on any atom is 0.308 e. The number of aliphatic carboxylic acids is 1. The zero-order chi connectivity index (χ0) is 17.5. The Balaban J connectivity index is 1.89. The molecule has 2 rings (SSSR count). The number of carboxylic acids is 1. The number of nitrogens with zero attached hydrogens (tertiary/aromatic N) is 2. The number of nitrogens with one attached hydrogen (secondary N) is 1. The lowest BCUT2D eigenvalue weighted by molar-refractivity contribution is -0.144. The van der Waals surface area contributed by atoms with E-state index in [1.54, 1.807) is 31.4 Å². The number of carboxylic acid groups (broad SMARTS) is 1. The number of carbonyl (C=O) groups is 2. The summed E-state index contributed by atoms with van der Waals surface area (Å²) in [6.45, 7) is 3.90. The van der Waals surface area contributed by atoms with Gasteiger partial charge in [-0.3, -0.25) is 14.5 Å². The van der Waals surface area contributed by atoms with Crippen molar-refractivity contribution in [3.63, 3.8) is 0 Å². The highest BCUT2D eigenvalue weighted by Gasteiger charge is 2.25. The molecule has 7 heteroatoms. The van der Waals surface area contributed by atoms with E-state index in [9.17, 15) is 14.7 Å². The Hall–Kier alpha value is -2.12. The highest BCUT2D eigenvalue weighted by Crippen LogP contribution is 2.18. The molecule has 0 aliphatic carbocycles. The van der Waals surface area contributed by atoms with E-state index >= 15 is 0 Å². The minimum Gasteiger partial charge on any atom is -0.497 e. The van der Waals surface area contributed by atoms with Crippen LogP contribution < -0.4 is 10.1 Å². The topological polar surface area (TPSA) is 82.1 Å².